The quantitative estimate of drug-likeness (QED) is 0.604. The highest BCUT2D eigenvalue weighted by atomic mass is 19.4. The minimum atomic E-state index is -5.12. The number of hydrogen-bond acceptors (Lipinski definition) is 5. The van der Waals surface area contributed by atoms with Crippen molar-refractivity contribution in [2.24, 2.45) is 5.41 Å². The number of nitrogens with zero attached hydrogens (tertiary/aromatic N) is 4. The maximum Gasteiger partial charge on any atom is 0.411 e. The maximum absolute atomic E-state index is 15.2. The van der Waals surface area contributed by atoms with Crippen molar-refractivity contribution in [3.8, 4) is 0 Å². The van der Waals surface area contributed by atoms with Crippen LogP contribution in [0.1, 0.15) is 51.3 Å². The highest BCUT2D eigenvalue weighted by Gasteiger charge is 2.71. The zero-order chi connectivity index (χ0) is 26.8. The van der Waals surface area contributed by atoms with Crippen LogP contribution in [0, 0.1) is 5.41 Å². The van der Waals surface area contributed by atoms with Gasteiger partial charge in [-0.2, -0.15) is 18.3 Å². The Morgan fingerprint density at radius 2 is 1.84 bits per heavy atom. The molecule has 1 aliphatic heterocycles. The van der Waals surface area contributed by atoms with E-state index in [1.54, 1.807) is 39.0 Å². The molecule has 2 aromatic heterocycles. The molecule has 0 saturated heterocycles. The van der Waals surface area contributed by atoms with E-state index in [9.17, 15) is 14.4 Å². The van der Waals surface area contributed by atoms with E-state index >= 15 is 13.2 Å². The number of halogens is 3. The van der Waals surface area contributed by atoms with Gasteiger partial charge in [0.1, 0.15) is 0 Å². The summed E-state index contributed by atoms with van der Waals surface area (Å²) in [4.78, 5) is 44.6. The molecule has 0 radical (unpaired) electrons. The Kier molecular flexibility index (Phi) is 5.61. The van der Waals surface area contributed by atoms with Crippen LogP contribution in [0.25, 0.3) is 5.70 Å². The molecule has 7 nitrogen and oxygen atoms in total. The van der Waals surface area contributed by atoms with Crippen molar-refractivity contribution in [1.29, 1.82) is 0 Å². The second-order valence-electron chi connectivity index (χ2n) is 10.6. The molecule has 0 saturated carbocycles. The van der Waals surface area contributed by atoms with E-state index in [-0.39, 0.29) is 30.9 Å². The summed E-state index contributed by atoms with van der Waals surface area (Å²) >= 11 is 0. The molecule has 0 N–H and O–H groups in total. The third-order valence-electron chi connectivity index (χ3n) is 7.06. The summed E-state index contributed by atoms with van der Waals surface area (Å²) in [5, 5.41) is 4.10. The SMILES string of the molecule is CC1=CC(=O)C=C(n2cc(C3(C(F)(F)F)C(=O)N(Cc4ccccn4)C4=C3C(=O)CC(C)(C)C4)cn2)C1. The Morgan fingerprint density at radius 3 is 2.49 bits per heavy atom. The van der Waals surface area contributed by atoms with Crippen molar-refractivity contribution in [3.05, 3.63) is 77.0 Å². The third kappa shape index (κ3) is 3.95. The van der Waals surface area contributed by atoms with Crippen LogP contribution in [-0.4, -0.2) is 43.3 Å². The first-order valence-electron chi connectivity index (χ1n) is 11.9. The standard InChI is InChI=1S/C27H25F3N4O3/c1-16-8-19(10-20(35)9-16)34-14-17(13-32-34)26(27(28,29)30)23-21(11-25(2,3)12-22(23)36)33(24(26)37)15-18-6-4-5-7-31-18/h4-7,9-10,13-14H,8,11-12,15H2,1-3H3. The number of Topliss-reactive ketones (excluding diaryl/α,β-unsaturated/α-hetero) is 1. The normalized spacial score (nSPS) is 23.8. The summed E-state index contributed by atoms with van der Waals surface area (Å²) in [6, 6.07) is 4.98. The summed E-state index contributed by atoms with van der Waals surface area (Å²) in [5.74, 6) is -2.25. The van der Waals surface area contributed by atoms with E-state index in [1.165, 1.54) is 23.0 Å². The van der Waals surface area contributed by atoms with Crippen LogP contribution >= 0.6 is 0 Å². The van der Waals surface area contributed by atoms with Gasteiger partial charge in [0.25, 0.3) is 5.91 Å². The van der Waals surface area contributed by atoms with Crippen molar-refractivity contribution in [1.82, 2.24) is 19.7 Å². The lowest BCUT2D eigenvalue weighted by Gasteiger charge is -2.34. The molecule has 5 rings (SSSR count). The number of carbonyl (C=O) groups excluding carboxylic acids is 3. The zero-order valence-corrected chi connectivity index (χ0v) is 20.6. The van der Waals surface area contributed by atoms with E-state index in [4.69, 9.17) is 0 Å². The Bertz CT molecular complexity index is 1420. The second-order valence-corrected chi connectivity index (χ2v) is 10.6. The first-order chi connectivity index (χ1) is 17.3. The van der Waals surface area contributed by atoms with Gasteiger partial charge in [0, 0.05) is 53.8 Å². The lowest BCUT2D eigenvalue weighted by molar-refractivity contribution is -0.189. The molecule has 0 spiro atoms. The van der Waals surface area contributed by atoms with Crippen LogP contribution in [-0.2, 0) is 26.3 Å². The number of pyridine rings is 1. The highest BCUT2D eigenvalue weighted by molar-refractivity contribution is 6.13. The summed E-state index contributed by atoms with van der Waals surface area (Å²) in [6.45, 7) is 5.14. The fourth-order valence-electron chi connectivity index (χ4n) is 5.55. The van der Waals surface area contributed by atoms with Crippen molar-refractivity contribution in [2.45, 2.75) is 58.2 Å². The molecule has 2 aromatic rings. The van der Waals surface area contributed by atoms with E-state index in [2.05, 4.69) is 10.1 Å². The smallest absolute Gasteiger partial charge is 0.308 e. The minimum absolute atomic E-state index is 0.0767. The predicted molar refractivity (Wildman–Crippen MR) is 127 cm³/mol. The fourth-order valence-corrected chi connectivity index (χ4v) is 5.55. The lowest BCUT2D eigenvalue weighted by atomic mass is 9.67. The average Bonchev–Trinajstić information content (AvgIpc) is 3.36. The Balaban J connectivity index is 1.70. The molecule has 3 aliphatic rings. The summed E-state index contributed by atoms with van der Waals surface area (Å²) in [7, 11) is 0. The molecule has 10 heteroatoms. The number of allylic oxidation sites excluding steroid dienone is 5. The number of carbonyl (C=O) groups is 3. The van der Waals surface area contributed by atoms with Crippen molar-refractivity contribution < 1.29 is 27.6 Å². The van der Waals surface area contributed by atoms with E-state index < -0.39 is 39.8 Å². The molecular weight excluding hydrogens is 485 g/mol. The van der Waals surface area contributed by atoms with Gasteiger partial charge in [-0.1, -0.05) is 25.5 Å². The number of ketones is 2. The molecule has 1 amide bonds. The monoisotopic (exact) mass is 510 g/mol. The molecule has 0 fully saturated rings. The van der Waals surface area contributed by atoms with Gasteiger partial charge in [-0.3, -0.25) is 19.4 Å². The maximum atomic E-state index is 15.2. The number of alkyl halides is 3. The van der Waals surface area contributed by atoms with Gasteiger partial charge >= 0.3 is 6.18 Å². The van der Waals surface area contributed by atoms with Crippen LogP contribution in [0.4, 0.5) is 13.2 Å². The Hall–Kier alpha value is -3.82. The number of aromatic nitrogens is 3. The van der Waals surface area contributed by atoms with E-state index in [0.29, 0.717) is 17.8 Å². The van der Waals surface area contributed by atoms with Crippen LogP contribution < -0.4 is 0 Å². The fraction of sp³-hybridized carbons (Fsp3) is 0.370. The molecule has 0 bridgehead atoms. The Labute approximate surface area is 211 Å². The van der Waals surface area contributed by atoms with Gasteiger partial charge in [0.15, 0.2) is 11.6 Å². The lowest BCUT2D eigenvalue weighted by Crippen LogP contribution is -2.52. The van der Waals surface area contributed by atoms with Gasteiger partial charge < -0.3 is 4.90 Å². The zero-order valence-electron chi connectivity index (χ0n) is 20.6. The third-order valence-corrected chi connectivity index (χ3v) is 7.06. The van der Waals surface area contributed by atoms with Gasteiger partial charge in [-0.05, 0) is 37.0 Å². The number of rotatable bonds is 4. The first kappa shape index (κ1) is 24.9. The molecule has 3 heterocycles. The molecule has 37 heavy (non-hydrogen) atoms. The van der Waals surface area contributed by atoms with Crippen molar-refractivity contribution in [3.63, 3.8) is 0 Å². The van der Waals surface area contributed by atoms with Gasteiger partial charge in [0.05, 0.1) is 18.4 Å². The topological polar surface area (TPSA) is 85.2 Å². The highest BCUT2D eigenvalue weighted by Crippen LogP contribution is 2.58. The number of amides is 1. The molecule has 1 unspecified atom stereocenters. The van der Waals surface area contributed by atoms with E-state index in [0.717, 1.165) is 22.9 Å². The predicted octanol–water partition coefficient (Wildman–Crippen LogP) is 4.52. The first-order valence-corrected chi connectivity index (χ1v) is 11.9. The molecule has 192 valence electrons. The number of hydrogen-bond donors (Lipinski definition) is 0. The van der Waals surface area contributed by atoms with Crippen LogP contribution in [0.5, 0.6) is 0 Å². The second kappa shape index (κ2) is 8.36. The molecule has 2 aliphatic carbocycles. The van der Waals surface area contributed by atoms with Crippen LogP contribution in [0.3, 0.4) is 0 Å². The summed E-state index contributed by atoms with van der Waals surface area (Å²) in [5.41, 5.74) is -3.21. The van der Waals surface area contributed by atoms with Gasteiger partial charge in [-0.25, -0.2) is 4.68 Å². The van der Waals surface area contributed by atoms with E-state index in [1.807, 2.05) is 0 Å². The summed E-state index contributed by atoms with van der Waals surface area (Å²) < 4.78 is 46.8. The minimum Gasteiger partial charge on any atom is -0.308 e. The largest absolute Gasteiger partial charge is 0.411 e. The molecule has 1 atom stereocenters. The van der Waals surface area contributed by atoms with Gasteiger partial charge in [0.2, 0.25) is 5.41 Å². The molecular formula is C27H25F3N4O3. The Morgan fingerprint density at radius 1 is 1.08 bits per heavy atom. The van der Waals surface area contributed by atoms with Crippen LogP contribution in [0.2, 0.25) is 0 Å². The molecule has 0 aromatic carbocycles. The van der Waals surface area contributed by atoms with Crippen LogP contribution in [0.15, 0.2) is 65.8 Å². The van der Waals surface area contributed by atoms with Gasteiger partial charge in [-0.15, -0.1) is 0 Å². The average molecular weight is 511 g/mol. The van der Waals surface area contributed by atoms with Crippen molar-refractivity contribution >= 4 is 23.2 Å². The van der Waals surface area contributed by atoms with Crippen molar-refractivity contribution in [2.75, 3.05) is 0 Å². The summed E-state index contributed by atoms with van der Waals surface area (Å²) in [6.07, 6.45) is 1.53.